The summed E-state index contributed by atoms with van der Waals surface area (Å²) in [5.41, 5.74) is 3.54. The van der Waals surface area contributed by atoms with Crippen molar-refractivity contribution in [3.8, 4) is 0 Å². The van der Waals surface area contributed by atoms with Gasteiger partial charge in [-0.25, -0.2) is 0 Å². The summed E-state index contributed by atoms with van der Waals surface area (Å²) in [6.45, 7) is 2.06. The summed E-state index contributed by atoms with van der Waals surface area (Å²) >= 11 is 8.02. The smallest absolute Gasteiger partial charge is 0.0534 e. The molecule has 1 unspecified atom stereocenters. The predicted molar refractivity (Wildman–Crippen MR) is 82.1 cm³/mol. The number of anilines is 1. The lowest BCUT2D eigenvalue weighted by atomic mass is 10.0. The van der Waals surface area contributed by atoms with Crippen LogP contribution in [-0.4, -0.2) is 10.7 Å². The van der Waals surface area contributed by atoms with Crippen LogP contribution in [0.25, 0.3) is 0 Å². The molecule has 2 nitrogen and oxygen atoms in total. The highest BCUT2D eigenvalue weighted by Gasteiger charge is 2.20. The van der Waals surface area contributed by atoms with E-state index >= 15 is 0 Å². The van der Waals surface area contributed by atoms with Gasteiger partial charge in [0.25, 0.3) is 0 Å². The maximum atomic E-state index is 6.12. The van der Waals surface area contributed by atoms with Gasteiger partial charge in [0.1, 0.15) is 0 Å². The molecule has 0 saturated carbocycles. The van der Waals surface area contributed by atoms with Gasteiger partial charge in [-0.3, -0.25) is 4.98 Å². The predicted octanol–water partition coefficient (Wildman–Crippen LogP) is 4.69. The van der Waals surface area contributed by atoms with Crippen LogP contribution in [0.2, 0.25) is 5.02 Å². The lowest BCUT2D eigenvalue weighted by Gasteiger charge is -2.27. The average Bonchev–Trinajstić information content (AvgIpc) is 2.39. The fraction of sp³-hybridized carbons (Fsp3) is 0.267. The van der Waals surface area contributed by atoms with Crippen LogP contribution >= 0.6 is 23.4 Å². The van der Waals surface area contributed by atoms with Crippen molar-refractivity contribution in [1.82, 2.24) is 4.98 Å². The summed E-state index contributed by atoms with van der Waals surface area (Å²) in [6.07, 6.45) is 4.84. The Bertz CT molecular complexity index is 600. The van der Waals surface area contributed by atoms with E-state index in [1.54, 1.807) is 0 Å². The normalized spacial score (nSPS) is 17.9. The Morgan fingerprint density at radius 2 is 2.21 bits per heavy atom. The van der Waals surface area contributed by atoms with Crippen LogP contribution in [0, 0.1) is 6.92 Å². The van der Waals surface area contributed by atoms with Crippen molar-refractivity contribution in [2.45, 2.75) is 24.3 Å². The van der Waals surface area contributed by atoms with Gasteiger partial charge < -0.3 is 5.32 Å². The number of rotatable bonds is 2. The second-order valence-electron chi connectivity index (χ2n) is 4.77. The van der Waals surface area contributed by atoms with Crippen LogP contribution < -0.4 is 5.32 Å². The highest BCUT2D eigenvalue weighted by atomic mass is 35.5. The minimum absolute atomic E-state index is 0.318. The zero-order valence-corrected chi connectivity index (χ0v) is 12.3. The van der Waals surface area contributed by atoms with Gasteiger partial charge in [0, 0.05) is 28.1 Å². The van der Waals surface area contributed by atoms with Crippen LogP contribution in [0.5, 0.6) is 0 Å². The lowest BCUT2D eigenvalue weighted by Crippen LogP contribution is -2.16. The number of hydrogen-bond acceptors (Lipinski definition) is 3. The standard InChI is InChI=1S/C15H15ClN2S/c1-10-6-12(9-17-8-10)18-14-4-5-19-15-3-2-11(16)7-13(14)15/h2-3,6-9,14,18H,4-5H2,1H3. The van der Waals surface area contributed by atoms with Crippen molar-refractivity contribution in [3.63, 3.8) is 0 Å². The molecule has 0 radical (unpaired) electrons. The van der Waals surface area contributed by atoms with Crippen molar-refractivity contribution in [2.24, 2.45) is 0 Å². The molecule has 1 aliphatic rings. The Balaban J connectivity index is 1.89. The second kappa shape index (κ2) is 5.43. The van der Waals surface area contributed by atoms with Crippen molar-refractivity contribution < 1.29 is 0 Å². The molecule has 1 aliphatic heterocycles. The largest absolute Gasteiger partial charge is 0.377 e. The van der Waals surface area contributed by atoms with E-state index < -0.39 is 0 Å². The highest BCUT2D eigenvalue weighted by Crippen LogP contribution is 2.39. The zero-order valence-electron chi connectivity index (χ0n) is 10.7. The van der Waals surface area contributed by atoms with E-state index in [9.17, 15) is 0 Å². The number of benzene rings is 1. The third-order valence-electron chi connectivity index (χ3n) is 3.23. The van der Waals surface area contributed by atoms with Crippen LogP contribution in [0.1, 0.15) is 23.6 Å². The lowest BCUT2D eigenvalue weighted by molar-refractivity contribution is 0.728. The van der Waals surface area contributed by atoms with E-state index in [4.69, 9.17) is 11.6 Å². The van der Waals surface area contributed by atoms with Gasteiger partial charge in [-0.05, 0) is 48.7 Å². The number of thioether (sulfide) groups is 1. The van der Waals surface area contributed by atoms with Crippen LogP contribution in [0.3, 0.4) is 0 Å². The van der Waals surface area contributed by atoms with E-state index in [1.807, 2.05) is 30.2 Å². The maximum Gasteiger partial charge on any atom is 0.0534 e. The highest BCUT2D eigenvalue weighted by molar-refractivity contribution is 7.99. The molecule has 1 atom stereocenters. The minimum atomic E-state index is 0.318. The van der Waals surface area contributed by atoms with Crippen molar-refractivity contribution >= 4 is 29.1 Å². The molecule has 2 aromatic rings. The third-order valence-corrected chi connectivity index (χ3v) is 4.58. The van der Waals surface area contributed by atoms with Crippen LogP contribution in [0.4, 0.5) is 5.69 Å². The van der Waals surface area contributed by atoms with Crippen LogP contribution in [0.15, 0.2) is 41.6 Å². The number of fused-ring (bicyclic) bond motifs is 1. The SMILES string of the molecule is Cc1cncc(NC2CCSc3ccc(Cl)cc32)c1. The fourth-order valence-electron chi connectivity index (χ4n) is 2.35. The second-order valence-corrected chi connectivity index (χ2v) is 6.34. The summed E-state index contributed by atoms with van der Waals surface area (Å²) < 4.78 is 0. The molecule has 1 aromatic heterocycles. The molecule has 0 amide bonds. The molecule has 0 fully saturated rings. The number of aromatic nitrogens is 1. The maximum absolute atomic E-state index is 6.12. The first kappa shape index (κ1) is 12.8. The first-order chi connectivity index (χ1) is 9.22. The number of hydrogen-bond donors (Lipinski definition) is 1. The van der Waals surface area contributed by atoms with Gasteiger partial charge in [-0.1, -0.05) is 11.6 Å². The van der Waals surface area contributed by atoms with Gasteiger partial charge >= 0.3 is 0 Å². The molecular formula is C15H15ClN2S. The van der Waals surface area contributed by atoms with E-state index in [1.165, 1.54) is 16.0 Å². The van der Waals surface area contributed by atoms with Gasteiger partial charge in [0.15, 0.2) is 0 Å². The van der Waals surface area contributed by atoms with E-state index in [0.29, 0.717) is 6.04 Å². The molecule has 0 spiro atoms. The molecule has 1 N–H and O–H groups in total. The summed E-state index contributed by atoms with van der Waals surface area (Å²) in [4.78, 5) is 5.56. The summed E-state index contributed by atoms with van der Waals surface area (Å²) in [7, 11) is 0. The fourth-order valence-corrected chi connectivity index (χ4v) is 3.64. The van der Waals surface area contributed by atoms with Crippen molar-refractivity contribution in [3.05, 3.63) is 52.8 Å². The number of aryl methyl sites for hydroxylation is 1. The molecule has 19 heavy (non-hydrogen) atoms. The van der Waals surface area contributed by atoms with Gasteiger partial charge in [0.05, 0.1) is 11.7 Å². The Labute approximate surface area is 122 Å². The Morgan fingerprint density at radius 1 is 1.32 bits per heavy atom. The molecule has 3 rings (SSSR count). The van der Waals surface area contributed by atoms with Gasteiger partial charge in [-0.2, -0.15) is 0 Å². The quantitative estimate of drug-likeness (QED) is 0.868. The Morgan fingerprint density at radius 3 is 3.05 bits per heavy atom. The third kappa shape index (κ3) is 2.88. The number of pyridine rings is 1. The van der Waals surface area contributed by atoms with Crippen LogP contribution in [-0.2, 0) is 0 Å². The summed E-state index contributed by atoms with van der Waals surface area (Å²) in [5, 5.41) is 4.37. The average molecular weight is 291 g/mol. The van der Waals surface area contributed by atoms with E-state index in [0.717, 1.165) is 22.9 Å². The van der Waals surface area contributed by atoms with E-state index in [2.05, 4.69) is 35.4 Å². The number of nitrogens with zero attached hydrogens (tertiary/aromatic N) is 1. The Kier molecular flexibility index (Phi) is 3.67. The van der Waals surface area contributed by atoms with Crippen molar-refractivity contribution in [2.75, 3.05) is 11.1 Å². The molecule has 0 bridgehead atoms. The molecule has 0 saturated heterocycles. The molecule has 98 valence electrons. The van der Waals surface area contributed by atoms with Gasteiger partial charge in [0.2, 0.25) is 0 Å². The number of nitrogens with one attached hydrogen (secondary N) is 1. The zero-order chi connectivity index (χ0) is 13.2. The molecule has 4 heteroatoms. The Hall–Kier alpha value is -1.19. The first-order valence-corrected chi connectivity index (χ1v) is 7.69. The monoisotopic (exact) mass is 290 g/mol. The van der Waals surface area contributed by atoms with E-state index in [-0.39, 0.29) is 0 Å². The summed E-state index contributed by atoms with van der Waals surface area (Å²) in [6, 6.07) is 8.59. The topological polar surface area (TPSA) is 24.9 Å². The molecule has 0 aliphatic carbocycles. The number of halogens is 1. The first-order valence-electron chi connectivity index (χ1n) is 6.33. The molecular weight excluding hydrogens is 276 g/mol. The minimum Gasteiger partial charge on any atom is -0.377 e. The molecule has 2 heterocycles. The summed E-state index contributed by atoms with van der Waals surface area (Å²) in [5.74, 6) is 1.13. The molecule has 1 aromatic carbocycles. The van der Waals surface area contributed by atoms with Crippen molar-refractivity contribution in [1.29, 1.82) is 0 Å². The van der Waals surface area contributed by atoms with Gasteiger partial charge in [-0.15, -0.1) is 11.8 Å².